The molecule has 0 amide bonds. The maximum atomic E-state index is 9.58. The Labute approximate surface area is 197 Å². The van der Waals surface area contributed by atoms with Gasteiger partial charge in [0.05, 0.1) is 17.2 Å². The van der Waals surface area contributed by atoms with E-state index < -0.39 is 0 Å². The van der Waals surface area contributed by atoms with Gasteiger partial charge in [0.2, 0.25) is 0 Å². The van der Waals surface area contributed by atoms with E-state index in [4.69, 9.17) is 10.3 Å². The molecule has 172 valence electrons. The maximum Gasteiger partial charge on any atom is 0.141 e. The van der Waals surface area contributed by atoms with Gasteiger partial charge in [0.15, 0.2) is 0 Å². The van der Waals surface area contributed by atoms with Crippen LogP contribution in [0.5, 0.6) is 0 Å². The summed E-state index contributed by atoms with van der Waals surface area (Å²) in [5, 5.41) is 13.7. The first kappa shape index (κ1) is 23.1. The molecule has 1 unspecified atom stereocenters. The van der Waals surface area contributed by atoms with Crippen LogP contribution >= 0.6 is 0 Å². The second-order valence-electron chi connectivity index (χ2n) is 9.56. The molecule has 2 aromatic carbocycles. The van der Waals surface area contributed by atoms with E-state index in [9.17, 15) is 5.26 Å². The van der Waals surface area contributed by atoms with Crippen molar-refractivity contribution in [2.75, 3.05) is 18.0 Å². The molecular formula is C28H34N4O. The van der Waals surface area contributed by atoms with Crippen molar-refractivity contribution in [3.8, 4) is 17.2 Å². The molecule has 1 heterocycles. The van der Waals surface area contributed by atoms with Gasteiger partial charge in [-0.2, -0.15) is 5.26 Å². The molecule has 1 aromatic heterocycles. The molecular weight excluding hydrogens is 408 g/mol. The summed E-state index contributed by atoms with van der Waals surface area (Å²) in [4.78, 5) is 2.40. The van der Waals surface area contributed by atoms with Crippen LogP contribution in [0.2, 0.25) is 0 Å². The van der Waals surface area contributed by atoms with Gasteiger partial charge in [-0.1, -0.05) is 36.3 Å². The van der Waals surface area contributed by atoms with Crippen LogP contribution in [0.1, 0.15) is 55.2 Å². The molecule has 1 saturated carbocycles. The zero-order chi connectivity index (χ0) is 23.6. The number of benzene rings is 2. The fourth-order valence-electron chi connectivity index (χ4n) is 4.67. The number of hydrogen-bond donors (Lipinski definition) is 1. The number of aryl methyl sites for hydroxylation is 3. The first-order valence-electron chi connectivity index (χ1n) is 11.9. The fourth-order valence-corrected chi connectivity index (χ4v) is 4.67. The average molecular weight is 443 g/mol. The van der Waals surface area contributed by atoms with E-state index in [1.165, 1.54) is 11.3 Å². The van der Waals surface area contributed by atoms with Gasteiger partial charge in [0.1, 0.15) is 5.76 Å². The smallest absolute Gasteiger partial charge is 0.141 e. The van der Waals surface area contributed by atoms with Crippen LogP contribution in [0.25, 0.3) is 11.1 Å². The normalized spacial score (nSPS) is 15.2. The molecule has 1 aliphatic rings. The van der Waals surface area contributed by atoms with Crippen LogP contribution in [0.4, 0.5) is 11.4 Å². The lowest BCUT2D eigenvalue weighted by Gasteiger charge is -2.29. The third-order valence-electron chi connectivity index (χ3n) is 7.02. The third kappa shape index (κ3) is 4.67. The summed E-state index contributed by atoms with van der Waals surface area (Å²) in [5.41, 5.74) is 13.3. The van der Waals surface area contributed by atoms with E-state index in [0.717, 1.165) is 66.1 Å². The second kappa shape index (κ2) is 9.41. The van der Waals surface area contributed by atoms with E-state index in [-0.39, 0.29) is 5.41 Å². The van der Waals surface area contributed by atoms with Crippen molar-refractivity contribution in [1.29, 1.82) is 5.26 Å². The van der Waals surface area contributed by atoms with Crippen LogP contribution < -0.4 is 10.6 Å². The number of nitrogens with zero attached hydrogens (tertiary/aromatic N) is 3. The summed E-state index contributed by atoms with van der Waals surface area (Å²) in [6.45, 7) is 9.99. The van der Waals surface area contributed by atoms with E-state index in [1.54, 1.807) is 0 Å². The Hall–Kier alpha value is -3.10. The molecule has 0 radical (unpaired) electrons. The first-order chi connectivity index (χ1) is 15.9. The summed E-state index contributed by atoms with van der Waals surface area (Å²) in [6, 6.07) is 17.7. The van der Waals surface area contributed by atoms with Crippen molar-refractivity contribution in [2.24, 2.45) is 11.7 Å². The number of aromatic nitrogens is 1. The van der Waals surface area contributed by atoms with E-state index >= 15 is 0 Å². The standard InChI is InChI=1S/C28H34N4O/c1-19(11-15-29)12-16-32(25-9-7-24(8-10-25)28(18-30)13-14-28)26-17-23(6-5-20(26)2)27-21(3)31-33-22(27)4/h5-10,17,19H,11-16,29H2,1-4H3. The van der Waals surface area contributed by atoms with Crippen LogP contribution in [-0.2, 0) is 5.41 Å². The molecule has 2 N–H and O–H groups in total. The van der Waals surface area contributed by atoms with Crippen LogP contribution in [0.15, 0.2) is 47.0 Å². The number of nitriles is 1. The molecule has 3 aromatic rings. The Morgan fingerprint density at radius 2 is 1.85 bits per heavy atom. The van der Waals surface area contributed by atoms with E-state index in [2.05, 4.69) is 72.4 Å². The van der Waals surface area contributed by atoms with Crippen LogP contribution in [-0.4, -0.2) is 18.2 Å². The third-order valence-corrected chi connectivity index (χ3v) is 7.02. The topological polar surface area (TPSA) is 79.1 Å². The Balaban J connectivity index is 1.72. The van der Waals surface area contributed by atoms with Gasteiger partial charge in [-0.3, -0.25) is 0 Å². The summed E-state index contributed by atoms with van der Waals surface area (Å²) >= 11 is 0. The molecule has 0 saturated heterocycles. The minimum atomic E-state index is -0.266. The average Bonchev–Trinajstić information content (AvgIpc) is 3.54. The lowest BCUT2D eigenvalue weighted by atomic mass is 9.96. The summed E-state index contributed by atoms with van der Waals surface area (Å²) < 4.78 is 5.43. The Bertz CT molecular complexity index is 1130. The van der Waals surface area contributed by atoms with Crippen molar-refractivity contribution in [3.05, 3.63) is 65.0 Å². The molecule has 5 heteroatoms. The van der Waals surface area contributed by atoms with E-state index in [0.29, 0.717) is 12.5 Å². The lowest BCUT2D eigenvalue weighted by molar-refractivity contribution is 0.393. The van der Waals surface area contributed by atoms with Gasteiger partial charge >= 0.3 is 0 Å². The molecule has 4 rings (SSSR count). The Morgan fingerprint density at radius 3 is 2.42 bits per heavy atom. The minimum absolute atomic E-state index is 0.266. The highest BCUT2D eigenvalue weighted by Crippen LogP contribution is 2.48. The quantitative estimate of drug-likeness (QED) is 0.418. The number of rotatable bonds is 9. The fraction of sp³-hybridized carbons (Fsp3) is 0.429. The molecule has 1 atom stereocenters. The molecule has 5 nitrogen and oxygen atoms in total. The van der Waals surface area contributed by atoms with Gasteiger partial charge < -0.3 is 15.2 Å². The molecule has 0 spiro atoms. The predicted molar refractivity (Wildman–Crippen MR) is 134 cm³/mol. The van der Waals surface area contributed by atoms with Crippen molar-refractivity contribution in [2.45, 2.75) is 58.8 Å². The Morgan fingerprint density at radius 1 is 1.12 bits per heavy atom. The molecule has 0 bridgehead atoms. The lowest BCUT2D eigenvalue weighted by Crippen LogP contribution is -2.22. The van der Waals surface area contributed by atoms with Crippen molar-refractivity contribution in [3.63, 3.8) is 0 Å². The summed E-state index contributed by atoms with van der Waals surface area (Å²) in [5.74, 6) is 1.39. The van der Waals surface area contributed by atoms with Gasteiger partial charge in [-0.25, -0.2) is 0 Å². The van der Waals surface area contributed by atoms with Gasteiger partial charge in [0.25, 0.3) is 0 Å². The highest BCUT2D eigenvalue weighted by molar-refractivity contribution is 5.76. The molecule has 0 aliphatic heterocycles. The van der Waals surface area contributed by atoms with Crippen molar-refractivity contribution >= 4 is 11.4 Å². The largest absolute Gasteiger partial charge is 0.361 e. The number of anilines is 2. The second-order valence-corrected chi connectivity index (χ2v) is 9.56. The zero-order valence-electron chi connectivity index (χ0n) is 20.2. The van der Waals surface area contributed by atoms with Crippen molar-refractivity contribution < 1.29 is 4.52 Å². The maximum absolute atomic E-state index is 9.58. The van der Waals surface area contributed by atoms with Crippen molar-refractivity contribution in [1.82, 2.24) is 5.16 Å². The van der Waals surface area contributed by atoms with Gasteiger partial charge in [0, 0.05) is 23.5 Å². The SMILES string of the molecule is Cc1ccc(-c2c(C)noc2C)cc1N(CCC(C)CCN)c1ccc(C2(C#N)CC2)cc1. The summed E-state index contributed by atoms with van der Waals surface area (Å²) in [7, 11) is 0. The highest BCUT2D eigenvalue weighted by Gasteiger charge is 2.44. The van der Waals surface area contributed by atoms with Crippen LogP contribution in [0.3, 0.4) is 0 Å². The zero-order valence-corrected chi connectivity index (χ0v) is 20.2. The molecule has 1 aliphatic carbocycles. The minimum Gasteiger partial charge on any atom is -0.361 e. The van der Waals surface area contributed by atoms with E-state index in [1.807, 2.05) is 13.8 Å². The highest BCUT2D eigenvalue weighted by atomic mass is 16.5. The Kier molecular flexibility index (Phi) is 6.58. The van der Waals surface area contributed by atoms with Crippen LogP contribution in [0, 0.1) is 38.0 Å². The number of hydrogen-bond acceptors (Lipinski definition) is 5. The van der Waals surface area contributed by atoms with Gasteiger partial charge in [-0.15, -0.1) is 0 Å². The number of nitrogens with two attached hydrogens (primary N) is 1. The monoisotopic (exact) mass is 442 g/mol. The predicted octanol–water partition coefficient (Wildman–Crippen LogP) is 6.34. The summed E-state index contributed by atoms with van der Waals surface area (Å²) in [6.07, 6.45) is 4.00. The van der Waals surface area contributed by atoms with Gasteiger partial charge in [-0.05, 0) is 93.8 Å². The molecule has 1 fully saturated rings. The first-order valence-corrected chi connectivity index (χ1v) is 11.9. The molecule has 33 heavy (non-hydrogen) atoms.